The number of benzene rings is 2. The molecule has 0 saturated heterocycles. The van der Waals surface area contributed by atoms with Gasteiger partial charge in [-0.2, -0.15) is 5.10 Å². The van der Waals surface area contributed by atoms with Crippen molar-refractivity contribution in [1.82, 2.24) is 5.43 Å². The van der Waals surface area contributed by atoms with Crippen LogP contribution in [0.5, 0.6) is 5.75 Å². The molecule has 22 heavy (non-hydrogen) atoms. The number of hydrogen-bond donors (Lipinski definition) is 2. The monoisotopic (exact) mass is 318 g/mol. The largest absolute Gasteiger partial charge is 0.507 e. The van der Waals surface area contributed by atoms with Crippen molar-refractivity contribution in [2.75, 3.05) is 7.11 Å². The molecule has 2 N–H and O–H groups in total. The second kappa shape index (κ2) is 7.47. The van der Waals surface area contributed by atoms with Crippen molar-refractivity contribution >= 4 is 23.9 Å². The zero-order valence-electron chi connectivity index (χ0n) is 11.9. The van der Waals surface area contributed by atoms with Gasteiger partial charge in [-0.25, -0.2) is 10.2 Å². The van der Waals surface area contributed by atoms with Gasteiger partial charge in [0.15, 0.2) is 0 Å². The Bertz CT molecular complexity index is 702. The third-order valence-electron chi connectivity index (χ3n) is 2.99. The molecule has 0 fully saturated rings. The van der Waals surface area contributed by atoms with Crippen LogP contribution in [0.1, 0.15) is 16.7 Å². The summed E-state index contributed by atoms with van der Waals surface area (Å²) < 4.78 is 4.39. The lowest BCUT2D eigenvalue weighted by Gasteiger charge is -2.06. The standard InChI is InChI=1S/C16H15ClN2O3/c1-22-16(21)19-18-10-13-9-11(6-7-15(13)20)8-12-4-2-3-5-14(12)17/h2-7,9-10,20H,8H2,1H3,(H,19,21)/b18-10-. The summed E-state index contributed by atoms with van der Waals surface area (Å²) in [6.45, 7) is 0. The average molecular weight is 319 g/mol. The van der Waals surface area contributed by atoms with Crippen LogP contribution in [0.25, 0.3) is 0 Å². The van der Waals surface area contributed by atoms with Crippen molar-refractivity contribution in [3.05, 3.63) is 64.2 Å². The Morgan fingerprint density at radius 1 is 1.36 bits per heavy atom. The van der Waals surface area contributed by atoms with Crippen LogP contribution in [0.15, 0.2) is 47.6 Å². The highest BCUT2D eigenvalue weighted by atomic mass is 35.5. The maximum absolute atomic E-state index is 10.9. The van der Waals surface area contributed by atoms with Gasteiger partial charge in [-0.3, -0.25) is 0 Å². The highest BCUT2D eigenvalue weighted by molar-refractivity contribution is 6.31. The topological polar surface area (TPSA) is 70.9 Å². The predicted octanol–water partition coefficient (Wildman–Crippen LogP) is 3.33. The lowest BCUT2D eigenvalue weighted by Crippen LogP contribution is -2.16. The van der Waals surface area contributed by atoms with E-state index in [0.717, 1.165) is 11.1 Å². The van der Waals surface area contributed by atoms with Gasteiger partial charge in [0.1, 0.15) is 5.75 Å². The van der Waals surface area contributed by atoms with Crippen molar-refractivity contribution in [2.24, 2.45) is 5.10 Å². The van der Waals surface area contributed by atoms with Gasteiger partial charge < -0.3 is 9.84 Å². The Morgan fingerprint density at radius 3 is 2.86 bits per heavy atom. The van der Waals surface area contributed by atoms with Crippen LogP contribution < -0.4 is 5.43 Å². The van der Waals surface area contributed by atoms with E-state index in [0.29, 0.717) is 17.0 Å². The van der Waals surface area contributed by atoms with Crippen molar-refractivity contribution in [3.8, 4) is 5.75 Å². The Morgan fingerprint density at radius 2 is 2.14 bits per heavy atom. The van der Waals surface area contributed by atoms with E-state index in [1.54, 1.807) is 12.1 Å². The molecule has 0 aliphatic carbocycles. The molecule has 0 heterocycles. The van der Waals surface area contributed by atoms with Gasteiger partial charge in [0, 0.05) is 10.6 Å². The van der Waals surface area contributed by atoms with Crippen LogP contribution in [0.4, 0.5) is 4.79 Å². The molecule has 0 radical (unpaired) electrons. The second-order valence-corrected chi connectivity index (χ2v) is 4.93. The van der Waals surface area contributed by atoms with Gasteiger partial charge >= 0.3 is 6.09 Å². The molecular formula is C16H15ClN2O3. The number of nitrogens with one attached hydrogen (secondary N) is 1. The number of hydrogen-bond acceptors (Lipinski definition) is 4. The molecule has 0 bridgehead atoms. The van der Waals surface area contributed by atoms with Gasteiger partial charge in [-0.1, -0.05) is 35.9 Å². The summed E-state index contributed by atoms with van der Waals surface area (Å²) in [4.78, 5) is 10.9. The fourth-order valence-electron chi connectivity index (χ4n) is 1.88. The van der Waals surface area contributed by atoms with Crippen molar-refractivity contribution in [3.63, 3.8) is 0 Å². The first kappa shape index (κ1) is 15.9. The van der Waals surface area contributed by atoms with Crippen LogP contribution in [-0.2, 0) is 11.2 Å². The number of amides is 1. The van der Waals surface area contributed by atoms with E-state index < -0.39 is 6.09 Å². The second-order valence-electron chi connectivity index (χ2n) is 4.52. The van der Waals surface area contributed by atoms with Crippen molar-refractivity contribution in [1.29, 1.82) is 0 Å². The van der Waals surface area contributed by atoms with Gasteiger partial charge in [0.2, 0.25) is 0 Å². The lowest BCUT2D eigenvalue weighted by atomic mass is 10.0. The first-order valence-electron chi connectivity index (χ1n) is 6.52. The molecule has 2 aromatic rings. The van der Waals surface area contributed by atoms with Crippen LogP contribution in [-0.4, -0.2) is 24.5 Å². The van der Waals surface area contributed by atoms with E-state index in [4.69, 9.17) is 11.6 Å². The number of phenolic OH excluding ortho intramolecular Hbond substituents is 1. The van der Waals surface area contributed by atoms with Crippen molar-refractivity contribution < 1.29 is 14.6 Å². The van der Waals surface area contributed by atoms with E-state index in [1.165, 1.54) is 13.3 Å². The number of rotatable bonds is 4. The number of aromatic hydroxyl groups is 1. The molecule has 114 valence electrons. The molecule has 0 atom stereocenters. The molecule has 0 aromatic heterocycles. The number of hydrazone groups is 1. The van der Waals surface area contributed by atoms with E-state index in [2.05, 4.69) is 15.3 Å². The van der Waals surface area contributed by atoms with Gasteiger partial charge in [0.25, 0.3) is 0 Å². The highest BCUT2D eigenvalue weighted by Crippen LogP contribution is 2.22. The summed E-state index contributed by atoms with van der Waals surface area (Å²) in [6, 6.07) is 12.7. The number of phenols is 1. The number of ether oxygens (including phenoxy) is 1. The minimum absolute atomic E-state index is 0.0679. The minimum atomic E-state index is -0.678. The SMILES string of the molecule is COC(=O)N/N=C\c1cc(Cc2ccccc2Cl)ccc1O. The maximum Gasteiger partial charge on any atom is 0.427 e. The van der Waals surface area contributed by atoms with Crippen LogP contribution in [0, 0.1) is 0 Å². The summed E-state index contributed by atoms with van der Waals surface area (Å²) in [6.07, 6.45) is 1.30. The van der Waals surface area contributed by atoms with Gasteiger partial charge in [-0.05, 0) is 35.7 Å². The number of nitrogens with zero attached hydrogens (tertiary/aromatic N) is 1. The summed E-state index contributed by atoms with van der Waals surface area (Å²) in [5.74, 6) is 0.0679. The van der Waals surface area contributed by atoms with E-state index in [9.17, 15) is 9.90 Å². The predicted molar refractivity (Wildman–Crippen MR) is 85.5 cm³/mol. The summed E-state index contributed by atoms with van der Waals surface area (Å²) in [5.41, 5.74) is 4.60. The van der Waals surface area contributed by atoms with Crippen LogP contribution in [0.3, 0.4) is 0 Å². The number of methoxy groups -OCH3 is 1. The fraction of sp³-hybridized carbons (Fsp3) is 0.125. The van der Waals surface area contributed by atoms with E-state index >= 15 is 0 Å². The molecule has 0 aliphatic heterocycles. The molecule has 0 saturated carbocycles. The maximum atomic E-state index is 10.9. The smallest absolute Gasteiger partial charge is 0.427 e. The molecule has 2 aromatic carbocycles. The third kappa shape index (κ3) is 4.23. The molecular weight excluding hydrogens is 304 g/mol. The zero-order chi connectivity index (χ0) is 15.9. The minimum Gasteiger partial charge on any atom is -0.507 e. The lowest BCUT2D eigenvalue weighted by molar-refractivity contribution is 0.171. The van der Waals surface area contributed by atoms with Gasteiger partial charge in [-0.15, -0.1) is 0 Å². The Labute approximate surface area is 133 Å². The van der Waals surface area contributed by atoms with Crippen molar-refractivity contribution in [2.45, 2.75) is 6.42 Å². The number of halogens is 1. The third-order valence-corrected chi connectivity index (χ3v) is 3.36. The van der Waals surface area contributed by atoms with Crippen LogP contribution in [0.2, 0.25) is 5.02 Å². The summed E-state index contributed by atoms with van der Waals surface area (Å²) >= 11 is 6.14. The summed E-state index contributed by atoms with van der Waals surface area (Å²) in [5, 5.41) is 14.2. The van der Waals surface area contributed by atoms with Crippen LogP contribution >= 0.6 is 11.6 Å². The molecule has 0 aliphatic rings. The first-order chi connectivity index (χ1) is 10.6. The molecule has 0 spiro atoms. The molecule has 6 heteroatoms. The Hall–Kier alpha value is -2.53. The number of carbonyl (C=O) groups excluding carboxylic acids is 1. The average Bonchev–Trinajstić information content (AvgIpc) is 2.52. The van der Waals surface area contributed by atoms with E-state index in [1.807, 2.05) is 30.3 Å². The molecule has 0 unspecified atom stereocenters. The fourth-order valence-corrected chi connectivity index (χ4v) is 2.08. The Balaban J connectivity index is 2.16. The molecule has 2 rings (SSSR count). The first-order valence-corrected chi connectivity index (χ1v) is 6.90. The quantitative estimate of drug-likeness (QED) is 0.671. The summed E-state index contributed by atoms with van der Waals surface area (Å²) in [7, 11) is 1.24. The normalized spacial score (nSPS) is 10.6. The molecule has 5 nitrogen and oxygen atoms in total. The molecule has 1 amide bonds. The highest BCUT2D eigenvalue weighted by Gasteiger charge is 2.05. The van der Waals surface area contributed by atoms with E-state index in [-0.39, 0.29) is 5.75 Å². The van der Waals surface area contributed by atoms with Gasteiger partial charge in [0.05, 0.1) is 13.3 Å². The Kier molecular flexibility index (Phi) is 5.38. The number of carbonyl (C=O) groups is 1. The zero-order valence-corrected chi connectivity index (χ0v) is 12.7.